The lowest BCUT2D eigenvalue weighted by molar-refractivity contribution is -0.111. The summed E-state index contributed by atoms with van der Waals surface area (Å²) in [5.74, 6) is -0.994. The molecule has 0 bridgehead atoms. The van der Waals surface area contributed by atoms with Crippen LogP contribution in [0.2, 0.25) is 0 Å². The molecule has 0 aliphatic carbocycles. The van der Waals surface area contributed by atoms with Gasteiger partial charge in [-0.1, -0.05) is 6.58 Å². The molecule has 0 fully saturated rings. The Kier molecular flexibility index (Phi) is 7.09. The second kappa shape index (κ2) is 10.5. The van der Waals surface area contributed by atoms with Crippen molar-refractivity contribution in [2.45, 2.75) is 6.61 Å². The van der Waals surface area contributed by atoms with Crippen molar-refractivity contribution in [1.29, 1.82) is 0 Å². The van der Waals surface area contributed by atoms with E-state index in [0.717, 1.165) is 6.08 Å². The van der Waals surface area contributed by atoms with E-state index in [-0.39, 0.29) is 23.3 Å². The lowest BCUT2D eigenvalue weighted by Gasteiger charge is -2.14. The zero-order valence-electron chi connectivity index (χ0n) is 18.7. The summed E-state index contributed by atoms with van der Waals surface area (Å²) in [6.07, 6.45) is 7.12. The number of hydrogen-bond donors (Lipinski definition) is 3. The highest BCUT2D eigenvalue weighted by Crippen LogP contribution is 2.32. The van der Waals surface area contributed by atoms with Crippen LogP contribution in [0.15, 0.2) is 67.8 Å². The van der Waals surface area contributed by atoms with Gasteiger partial charge in [-0.3, -0.25) is 9.48 Å². The van der Waals surface area contributed by atoms with Crippen LogP contribution in [0.1, 0.15) is 0 Å². The van der Waals surface area contributed by atoms with Gasteiger partial charge in [0, 0.05) is 48.5 Å². The second-order valence-electron chi connectivity index (χ2n) is 7.26. The van der Waals surface area contributed by atoms with Gasteiger partial charge in [0.15, 0.2) is 0 Å². The van der Waals surface area contributed by atoms with Gasteiger partial charge in [-0.2, -0.15) is 18.9 Å². The molecule has 0 saturated heterocycles. The van der Waals surface area contributed by atoms with E-state index in [2.05, 4.69) is 47.3 Å². The number of carbonyl (C=O) groups is 1. The molecule has 184 valence electrons. The number of ether oxygens (including phenoxy) is 1. The van der Waals surface area contributed by atoms with Crippen molar-refractivity contribution in [3.05, 3.63) is 73.6 Å². The van der Waals surface area contributed by atoms with Gasteiger partial charge in [0.25, 0.3) is 0 Å². The Hall–Kier alpha value is -4.94. The molecule has 0 unspecified atom stereocenters. The maximum Gasteiger partial charge on any atom is 0.388 e. The summed E-state index contributed by atoms with van der Waals surface area (Å²) in [4.78, 5) is 24.2. The van der Waals surface area contributed by atoms with Crippen LogP contribution in [0.5, 0.6) is 5.88 Å². The summed E-state index contributed by atoms with van der Waals surface area (Å²) in [7, 11) is 1.75. The number of carbonyl (C=O) groups excluding carboxylic acids is 1. The molecule has 36 heavy (non-hydrogen) atoms. The number of aromatic nitrogens is 5. The van der Waals surface area contributed by atoms with Crippen molar-refractivity contribution in [3.8, 4) is 17.0 Å². The van der Waals surface area contributed by atoms with Gasteiger partial charge < -0.3 is 20.7 Å². The molecule has 13 heteroatoms. The Morgan fingerprint density at radius 3 is 2.61 bits per heavy atom. The zero-order chi connectivity index (χ0) is 25.7. The number of rotatable bonds is 9. The van der Waals surface area contributed by atoms with Crippen LogP contribution in [0.25, 0.3) is 11.1 Å². The molecular weight excluding hydrogens is 477 g/mol. The molecule has 0 aliphatic rings. The first-order valence-electron chi connectivity index (χ1n) is 10.3. The zero-order valence-corrected chi connectivity index (χ0v) is 18.7. The van der Waals surface area contributed by atoms with E-state index in [1.54, 1.807) is 24.1 Å². The first-order chi connectivity index (χ1) is 17.3. The Balaban J connectivity index is 1.71. The molecule has 10 nitrogen and oxygen atoms in total. The highest BCUT2D eigenvalue weighted by molar-refractivity contribution is 5.99. The molecule has 0 atom stereocenters. The lowest BCUT2D eigenvalue weighted by atomic mass is 10.1. The minimum absolute atomic E-state index is 0.00903. The number of pyridine rings is 1. The Morgan fingerprint density at radius 1 is 1.11 bits per heavy atom. The van der Waals surface area contributed by atoms with Gasteiger partial charge in [0.2, 0.25) is 17.7 Å². The van der Waals surface area contributed by atoms with E-state index in [1.807, 2.05) is 0 Å². The van der Waals surface area contributed by atoms with Crippen molar-refractivity contribution >= 4 is 34.7 Å². The minimum atomic E-state index is -3.02. The topological polar surface area (TPSA) is 119 Å². The first-order valence-corrected chi connectivity index (χ1v) is 10.3. The summed E-state index contributed by atoms with van der Waals surface area (Å²) in [6.45, 7) is 0.374. The average Bonchev–Trinajstić information content (AvgIpc) is 3.26. The number of nitrogens with one attached hydrogen (secondary N) is 3. The summed E-state index contributed by atoms with van der Waals surface area (Å²) in [6, 6.07) is 6.70. The standard InChI is InChI=1S/C23H19F3N8O2/c1-3-19(35)30-14-5-6-17(24)18(8-14)32-21-16(13-4-7-20(27-9-13)36-22(25)26)11-28-23(33-21)31-15-10-29-34(2)12-15/h3-12,22H,1H2,2H3,(H,30,35)(H2,28,31,32,33). The van der Waals surface area contributed by atoms with Gasteiger partial charge in [-0.25, -0.2) is 14.4 Å². The Bertz CT molecular complexity index is 1390. The fourth-order valence-electron chi connectivity index (χ4n) is 3.08. The monoisotopic (exact) mass is 496 g/mol. The number of amides is 1. The van der Waals surface area contributed by atoms with Gasteiger partial charge in [-0.15, -0.1) is 0 Å². The van der Waals surface area contributed by atoms with Gasteiger partial charge in [0.1, 0.15) is 11.6 Å². The number of halogens is 3. The fourth-order valence-corrected chi connectivity index (χ4v) is 3.08. The molecule has 4 rings (SSSR count). The van der Waals surface area contributed by atoms with E-state index in [1.165, 1.54) is 42.7 Å². The predicted molar refractivity (Wildman–Crippen MR) is 127 cm³/mol. The van der Waals surface area contributed by atoms with Crippen molar-refractivity contribution in [2.75, 3.05) is 16.0 Å². The minimum Gasteiger partial charge on any atom is -0.417 e. The summed E-state index contributed by atoms with van der Waals surface area (Å²) >= 11 is 0. The second-order valence-corrected chi connectivity index (χ2v) is 7.26. The molecule has 3 N–H and O–H groups in total. The van der Waals surface area contributed by atoms with E-state index < -0.39 is 18.3 Å². The van der Waals surface area contributed by atoms with Crippen LogP contribution < -0.4 is 20.7 Å². The van der Waals surface area contributed by atoms with Crippen LogP contribution in [-0.4, -0.2) is 37.3 Å². The molecular formula is C23H19F3N8O2. The lowest BCUT2D eigenvalue weighted by Crippen LogP contribution is -2.08. The highest BCUT2D eigenvalue weighted by Gasteiger charge is 2.15. The molecule has 1 amide bonds. The summed E-state index contributed by atoms with van der Waals surface area (Å²) in [5.41, 5.74) is 1.79. The molecule has 0 saturated carbocycles. The van der Waals surface area contributed by atoms with Crippen LogP contribution in [0.3, 0.4) is 0 Å². The average molecular weight is 496 g/mol. The molecule has 3 heterocycles. The van der Waals surface area contributed by atoms with Crippen LogP contribution >= 0.6 is 0 Å². The fraction of sp³-hybridized carbons (Fsp3) is 0.0870. The number of alkyl halides is 2. The van der Waals surface area contributed by atoms with Crippen LogP contribution in [-0.2, 0) is 11.8 Å². The molecule has 0 aliphatic heterocycles. The van der Waals surface area contributed by atoms with Gasteiger partial charge in [0.05, 0.1) is 17.6 Å². The molecule has 1 aromatic carbocycles. The molecule has 4 aromatic rings. The normalized spacial score (nSPS) is 10.7. The van der Waals surface area contributed by atoms with Crippen LogP contribution in [0, 0.1) is 5.82 Å². The summed E-state index contributed by atoms with van der Waals surface area (Å²) in [5, 5.41) is 12.5. The van der Waals surface area contributed by atoms with E-state index in [0.29, 0.717) is 22.5 Å². The van der Waals surface area contributed by atoms with Gasteiger partial charge in [-0.05, 0) is 30.3 Å². The SMILES string of the molecule is C=CC(=O)Nc1ccc(F)c(Nc2nc(Nc3cnn(C)c3)ncc2-c2ccc(OC(F)F)nc2)c1. The van der Waals surface area contributed by atoms with Crippen molar-refractivity contribution < 1.29 is 22.7 Å². The smallest absolute Gasteiger partial charge is 0.388 e. The highest BCUT2D eigenvalue weighted by atomic mass is 19.3. The van der Waals surface area contributed by atoms with Crippen LogP contribution in [0.4, 0.5) is 42.0 Å². The maximum atomic E-state index is 14.7. The van der Waals surface area contributed by atoms with E-state index in [9.17, 15) is 18.0 Å². The first kappa shape index (κ1) is 24.2. The van der Waals surface area contributed by atoms with Crippen molar-refractivity contribution in [3.63, 3.8) is 0 Å². The summed E-state index contributed by atoms with van der Waals surface area (Å²) < 4.78 is 45.5. The Labute approximate surface area is 202 Å². The van der Waals surface area contributed by atoms with Crippen molar-refractivity contribution in [2.24, 2.45) is 7.05 Å². The van der Waals surface area contributed by atoms with Crippen molar-refractivity contribution in [1.82, 2.24) is 24.7 Å². The number of nitrogens with zero attached hydrogens (tertiary/aromatic N) is 5. The van der Waals surface area contributed by atoms with E-state index >= 15 is 0 Å². The molecule has 0 radical (unpaired) electrons. The largest absolute Gasteiger partial charge is 0.417 e. The molecule has 0 spiro atoms. The number of anilines is 5. The quantitative estimate of drug-likeness (QED) is 0.287. The number of hydrogen-bond acceptors (Lipinski definition) is 8. The predicted octanol–water partition coefficient (Wildman–Crippen LogP) is 4.62. The molecule has 3 aromatic heterocycles. The van der Waals surface area contributed by atoms with Gasteiger partial charge >= 0.3 is 6.61 Å². The third-order valence-corrected chi connectivity index (χ3v) is 4.68. The number of aryl methyl sites for hydroxylation is 1. The third-order valence-electron chi connectivity index (χ3n) is 4.68. The van der Waals surface area contributed by atoms with E-state index in [4.69, 9.17) is 0 Å². The third kappa shape index (κ3) is 5.94. The Morgan fingerprint density at radius 2 is 1.94 bits per heavy atom. The number of benzene rings is 1. The maximum absolute atomic E-state index is 14.7.